The molecular weight excluding hydrogens is 252 g/mol. The Hall–Kier alpha value is -1.82. The number of imidazole rings is 1. The van der Waals surface area contributed by atoms with E-state index in [1.54, 1.807) is 6.20 Å². The van der Waals surface area contributed by atoms with Gasteiger partial charge in [0.1, 0.15) is 5.82 Å². The van der Waals surface area contributed by atoms with Crippen molar-refractivity contribution in [3.8, 4) is 0 Å². The lowest BCUT2D eigenvalue weighted by molar-refractivity contribution is 0.226. The number of hydrogen-bond donors (Lipinski definition) is 2. The molecule has 3 heterocycles. The SMILES string of the molecule is CNc1cn2ccnc2c(NCC2CCN(C)CC2)n1. The summed E-state index contributed by atoms with van der Waals surface area (Å²) in [4.78, 5) is 11.3. The van der Waals surface area contributed by atoms with Crippen LogP contribution in [0.5, 0.6) is 0 Å². The monoisotopic (exact) mass is 274 g/mol. The van der Waals surface area contributed by atoms with Crippen LogP contribution < -0.4 is 10.6 Å². The van der Waals surface area contributed by atoms with E-state index in [0.717, 1.165) is 29.7 Å². The number of rotatable bonds is 4. The van der Waals surface area contributed by atoms with Gasteiger partial charge in [0.25, 0.3) is 0 Å². The average molecular weight is 274 g/mol. The Morgan fingerprint density at radius 3 is 2.90 bits per heavy atom. The van der Waals surface area contributed by atoms with Crippen LogP contribution in [0.15, 0.2) is 18.6 Å². The average Bonchev–Trinajstić information content (AvgIpc) is 2.94. The summed E-state index contributed by atoms with van der Waals surface area (Å²) in [5.41, 5.74) is 0.886. The van der Waals surface area contributed by atoms with Crippen molar-refractivity contribution in [1.29, 1.82) is 0 Å². The van der Waals surface area contributed by atoms with E-state index in [9.17, 15) is 0 Å². The number of aromatic nitrogens is 3. The van der Waals surface area contributed by atoms with Gasteiger partial charge in [-0.1, -0.05) is 0 Å². The first-order valence-corrected chi connectivity index (χ1v) is 7.20. The summed E-state index contributed by atoms with van der Waals surface area (Å²) in [5.74, 6) is 2.43. The first-order valence-electron chi connectivity index (χ1n) is 7.20. The predicted octanol–water partition coefficient (Wildman–Crippen LogP) is 1.52. The molecular formula is C14H22N6. The lowest BCUT2D eigenvalue weighted by Crippen LogP contribution is -2.33. The highest BCUT2D eigenvalue weighted by Gasteiger charge is 2.17. The summed E-state index contributed by atoms with van der Waals surface area (Å²) in [6.07, 6.45) is 8.19. The molecule has 108 valence electrons. The Balaban J connectivity index is 1.71. The lowest BCUT2D eigenvalue weighted by atomic mass is 9.97. The maximum atomic E-state index is 4.57. The number of anilines is 2. The second-order valence-electron chi connectivity index (χ2n) is 5.51. The smallest absolute Gasteiger partial charge is 0.180 e. The Labute approximate surface area is 119 Å². The van der Waals surface area contributed by atoms with Crippen LogP contribution in [0.2, 0.25) is 0 Å². The fourth-order valence-electron chi connectivity index (χ4n) is 2.68. The zero-order chi connectivity index (χ0) is 13.9. The Morgan fingerprint density at radius 2 is 2.15 bits per heavy atom. The number of fused-ring (bicyclic) bond motifs is 1. The minimum absolute atomic E-state index is 0.723. The standard InChI is InChI=1S/C14H22N6/c1-15-12-10-20-8-5-16-14(20)13(18-12)17-9-11-3-6-19(2)7-4-11/h5,8,10-11,15H,3-4,6-7,9H2,1-2H3,(H,17,18). The molecule has 1 saturated heterocycles. The van der Waals surface area contributed by atoms with Crippen LogP contribution in [-0.2, 0) is 0 Å². The van der Waals surface area contributed by atoms with Crippen LogP contribution in [-0.4, -0.2) is 53.0 Å². The molecule has 2 aromatic rings. The van der Waals surface area contributed by atoms with Crippen molar-refractivity contribution in [3.63, 3.8) is 0 Å². The van der Waals surface area contributed by atoms with Gasteiger partial charge in [0.15, 0.2) is 11.5 Å². The molecule has 6 heteroatoms. The minimum Gasteiger partial charge on any atom is -0.372 e. The molecule has 0 aliphatic carbocycles. The van der Waals surface area contributed by atoms with Crippen LogP contribution in [0, 0.1) is 5.92 Å². The molecule has 0 bridgehead atoms. The quantitative estimate of drug-likeness (QED) is 0.885. The second-order valence-corrected chi connectivity index (χ2v) is 5.51. The first kappa shape index (κ1) is 13.2. The number of nitrogens with one attached hydrogen (secondary N) is 2. The Bertz CT molecular complexity index is 570. The van der Waals surface area contributed by atoms with Gasteiger partial charge in [0.2, 0.25) is 0 Å². The van der Waals surface area contributed by atoms with Crippen LogP contribution >= 0.6 is 0 Å². The molecule has 1 aliphatic rings. The van der Waals surface area contributed by atoms with Crippen molar-refractivity contribution in [3.05, 3.63) is 18.6 Å². The first-order chi connectivity index (χ1) is 9.76. The molecule has 1 aliphatic heterocycles. The molecule has 2 aromatic heterocycles. The zero-order valence-corrected chi connectivity index (χ0v) is 12.1. The Morgan fingerprint density at radius 1 is 1.35 bits per heavy atom. The molecule has 0 aromatic carbocycles. The fourth-order valence-corrected chi connectivity index (χ4v) is 2.68. The Kier molecular flexibility index (Phi) is 3.73. The second kappa shape index (κ2) is 5.66. The molecule has 0 radical (unpaired) electrons. The highest BCUT2D eigenvalue weighted by molar-refractivity contribution is 5.65. The van der Waals surface area contributed by atoms with E-state index in [2.05, 4.69) is 32.5 Å². The lowest BCUT2D eigenvalue weighted by Gasteiger charge is -2.29. The van der Waals surface area contributed by atoms with Crippen molar-refractivity contribution in [2.45, 2.75) is 12.8 Å². The van der Waals surface area contributed by atoms with E-state index in [4.69, 9.17) is 0 Å². The maximum Gasteiger partial charge on any atom is 0.180 e. The zero-order valence-electron chi connectivity index (χ0n) is 12.1. The molecule has 0 spiro atoms. The minimum atomic E-state index is 0.723. The van der Waals surface area contributed by atoms with E-state index in [0.29, 0.717) is 0 Å². The van der Waals surface area contributed by atoms with Crippen molar-refractivity contribution >= 4 is 17.3 Å². The van der Waals surface area contributed by atoms with Crippen molar-refractivity contribution < 1.29 is 0 Å². The van der Waals surface area contributed by atoms with E-state index in [1.165, 1.54) is 25.9 Å². The van der Waals surface area contributed by atoms with E-state index < -0.39 is 0 Å². The largest absolute Gasteiger partial charge is 0.372 e. The highest BCUT2D eigenvalue weighted by Crippen LogP contribution is 2.19. The molecule has 6 nitrogen and oxygen atoms in total. The highest BCUT2D eigenvalue weighted by atomic mass is 15.1. The summed E-state index contributed by atoms with van der Waals surface area (Å²) in [5, 5.41) is 6.57. The molecule has 0 amide bonds. The van der Waals surface area contributed by atoms with Gasteiger partial charge in [-0.05, 0) is 38.9 Å². The summed E-state index contributed by atoms with van der Waals surface area (Å²) >= 11 is 0. The predicted molar refractivity (Wildman–Crippen MR) is 81.2 cm³/mol. The van der Waals surface area contributed by atoms with E-state index >= 15 is 0 Å². The topological polar surface area (TPSA) is 57.5 Å². The van der Waals surface area contributed by atoms with Crippen molar-refractivity contribution in [2.75, 3.05) is 44.4 Å². The number of piperidine rings is 1. The van der Waals surface area contributed by atoms with Crippen molar-refractivity contribution in [2.24, 2.45) is 5.92 Å². The fraction of sp³-hybridized carbons (Fsp3) is 0.571. The third-order valence-corrected chi connectivity index (χ3v) is 4.03. The molecule has 0 atom stereocenters. The van der Waals surface area contributed by atoms with Gasteiger partial charge in [-0.2, -0.15) is 0 Å². The van der Waals surface area contributed by atoms with Gasteiger partial charge in [-0.3, -0.25) is 0 Å². The molecule has 0 saturated carbocycles. The summed E-state index contributed by atoms with van der Waals surface area (Å²) < 4.78 is 2.00. The number of nitrogens with zero attached hydrogens (tertiary/aromatic N) is 4. The van der Waals surface area contributed by atoms with E-state index in [-0.39, 0.29) is 0 Å². The molecule has 3 rings (SSSR count). The van der Waals surface area contributed by atoms with Gasteiger partial charge < -0.3 is 19.9 Å². The molecule has 2 N–H and O–H groups in total. The van der Waals surface area contributed by atoms with Gasteiger partial charge in [-0.15, -0.1) is 0 Å². The normalized spacial score (nSPS) is 17.5. The van der Waals surface area contributed by atoms with Gasteiger partial charge in [-0.25, -0.2) is 9.97 Å². The van der Waals surface area contributed by atoms with Crippen LogP contribution in [0.4, 0.5) is 11.6 Å². The summed E-state index contributed by atoms with van der Waals surface area (Å²) in [6.45, 7) is 3.35. The summed E-state index contributed by atoms with van der Waals surface area (Å²) in [7, 11) is 4.07. The number of likely N-dealkylation sites (tertiary alicyclic amines) is 1. The van der Waals surface area contributed by atoms with Gasteiger partial charge >= 0.3 is 0 Å². The summed E-state index contributed by atoms with van der Waals surface area (Å²) in [6, 6.07) is 0. The molecule has 1 fully saturated rings. The third-order valence-electron chi connectivity index (χ3n) is 4.03. The van der Waals surface area contributed by atoms with Crippen LogP contribution in [0.1, 0.15) is 12.8 Å². The third kappa shape index (κ3) is 2.70. The van der Waals surface area contributed by atoms with Gasteiger partial charge in [0, 0.05) is 26.0 Å². The van der Waals surface area contributed by atoms with Crippen LogP contribution in [0.3, 0.4) is 0 Å². The maximum absolute atomic E-state index is 4.57. The van der Waals surface area contributed by atoms with E-state index in [1.807, 2.05) is 23.8 Å². The number of hydrogen-bond acceptors (Lipinski definition) is 5. The van der Waals surface area contributed by atoms with Crippen molar-refractivity contribution in [1.82, 2.24) is 19.3 Å². The van der Waals surface area contributed by atoms with Crippen LogP contribution in [0.25, 0.3) is 5.65 Å². The van der Waals surface area contributed by atoms with Gasteiger partial charge in [0.05, 0.1) is 6.20 Å². The molecule has 20 heavy (non-hydrogen) atoms. The molecule has 0 unspecified atom stereocenters.